The first-order valence-corrected chi connectivity index (χ1v) is 6.77. The highest BCUT2D eigenvalue weighted by molar-refractivity contribution is 5.16. The molecule has 0 bridgehead atoms. The van der Waals surface area contributed by atoms with Gasteiger partial charge in [-0.2, -0.15) is 0 Å². The lowest BCUT2D eigenvalue weighted by Crippen LogP contribution is -2.67. The Kier molecular flexibility index (Phi) is 2.73. The molecule has 1 spiro atoms. The third-order valence-electron chi connectivity index (χ3n) is 4.92. The van der Waals surface area contributed by atoms with E-state index in [1.165, 1.54) is 32.1 Å². The Morgan fingerprint density at radius 2 is 2.19 bits per heavy atom. The topological polar surface area (TPSA) is 41.5 Å². The van der Waals surface area contributed by atoms with Crippen molar-refractivity contribution >= 4 is 0 Å². The van der Waals surface area contributed by atoms with Crippen LogP contribution in [0, 0.1) is 11.3 Å². The van der Waals surface area contributed by atoms with Crippen LogP contribution in [0.5, 0.6) is 0 Å². The number of ether oxygens (including phenoxy) is 1. The smallest absolute Gasteiger partial charge is 0.0690 e. The molecule has 3 rings (SSSR count). The molecule has 0 radical (unpaired) electrons. The van der Waals surface area contributed by atoms with Crippen LogP contribution in [-0.4, -0.2) is 36.5 Å². The number of aliphatic hydroxyl groups excluding tert-OH is 1. The van der Waals surface area contributed by atoms with Gasteiger partial charge in [0.2, 0.25) is 0 Å². The summed E-state index contributed by atoms with van der Waals surface area (Å²) in [7, 11) is 0. The van der Waals surface area contributed by atoms with Gasteiger partial charge in [-0.1, -0.05) is 12.8 Å². The van der Waals surface area contributed by atoms with E-state index in [0.29, 0.717) is 17.6 Å². The van der Waals surface area contributed by atoms with Crippen LogP contribution in [0.3, 0.4) is 0 Å². The summed E-state index contributed by atoms with van der Waals surface area (Å²) in [6.45, 7) is 3.54. The third kappa shape index (κ3) is 1.45. The average Bonchev–Trinajstić information content (AvgIpc) is 2.82. The number of aliphatic hydroxyl groups is 1. The number of hydrogen-bond donors (Lipinski definition) is 2. The van der Waals surface area contributed by atoms with Gasteiger partial charge in [0.05, 0.1) is 12.2 Å². The molecule has 1 saturated heterocycles. The fourth-order valence-corrected chi connectivity index (χ4v) is 4.31. The van der Waals surface area contributed by atoms with Gasteiger partial charge in [0.15, 0.2) is 0 Å². The van der Waals surface area contributed by atoms with E-state index >= 15 is 0 Å². The van der Waals surface area contributed by atoms with Crippen LogP contribution in [-0.2, 0) is 4.74 Å². The Balaban J connectivity index is 1.70. The minimum atomic E-state index is -0.236. The lowest BCUT2D eigenvalue weighted by Gasteiger charge is -2.57. The second-order valence-electron chi connectivity index (χ2n) is 5.92. The summed E-state index contributed by atoms with van der Waals surface area (Å²) in [5.74, 6) is 0.719. The maximum atomic E-state index is 9.40. The van der Waals surface area contributed by atoms with Crippen molar-refractivity contribution in [2.24, 2.45) is 11.3 Å². The second-order valence-corrected chi connectivity index (χ2v) is 5.92. The van der Waals surface area contributed by atoms with Gasteiger partial charge in [0.25, 0.3) is 0 Å². The Labute approximate surface area is 97.6 Å². The average molecular weight is 225 g/mol. The highest BCUT2D eigenvalue weighted by atomic mass is 16.5. The molecule has 92 valence electrons. The molecule has 2 N–H and O–H groups in total. The van der Waals surface area contributed by atoms with Gasteiger partial charge < -0.3 is 15.2 Å². The first-order valence-electron chi connectivity index (χ1n) is 6.77. The largest absolute Gasteiger partial charge is 0.392 e. The molecule has 0 aromatic heterocycles. The van der Waals surface area contributed by atoms with Gasteiger partial charge >= 0.3 is 0 Å². The van der Waals surface area contributed by atoms with Crippen molar-refractivity contribution in [2.75, 3.05) is 13.2 Å². The molecule has 3 fully saturated rings. The van der Waals surface area contributed by atoms with Gasteiger partial charge in [-0.3, -0.25) is 0 Å². The van der Waals surface area contributed by atoms with E-state index in [9.17, 15) is 5.11 Å². The summed E-state index contributed by atoms with van der Waals surface area (Å²) in [5, 5.41) is 13.0. The summed E-state index contributed by atoms with van der Waals surface area (Å²) in [6, 6.07) is 0.608. The minimum absolute atomic E-state index is 0.236. The van der Waals surface area contributed by atoms with Crippen LogP contribution in [0.2, 0.25) is 0 Å². The molecule has 1 heterocycles. The van der Waals surface area contributed by atoms with Crippen molar-refractivity contribution in [3.8, 4) is 0 Å². The van der Waals surface area contributed by atoms with E-state index < -0.39 is 0 Å². The molecular weight excluding hydrogens is 202 g/mol. The molecule has 4 atom stereocenters. The van der Waals surface area contributed by atoms with E-state index in [2.05, 4.69) is 5.32 Å². The van der Waals surface area contributed by atoms with E-state index in [1.807, 2.05) is 6.92 Å². The van der Waals surface area contributed by atoms with Gasteiger partial charge in [-0.05, 0) is 26.2 Å². The lowest BCUT2D eigenvalue weighted by atomic mass is 9.54. The van der Waals surface area contributed by atoms with Crippen LogP contribution >= 0.6 is 0 Å². The third-order valence-corrected chi connectivity index (χ3v) is 4.92. The Hall–Kier alpha value is -0.120. The summed E-state index contributed by atoms with van der Waals surface area (Å²) in [4.78, 5) is 0. The number of hydrogen-bond acceptors (Lipinski definition) is 3. The minimum Gasteiger partial charge on any atom is -0.392 e. The summed E-state index contributed by atoms with van der Waals surface area (Å²) < 4.78 is 5.92. The van der Waals surface area contributed by atoms with Gasteiger partial charge in [-0.15, -0.1) is 0 Å². The molecule has 1 aliphatic heterocycles. The molecule has 3 aliphatic rings. The van der Waals surface area contributed by atoms with Crippen LogP contribution in [0.15, 0.2) is 0 Å². The quantitative estimate of drug-likeness (QED) is 0.761. The SMILES string of the molecule is C[C@@H](O)CNC1C2CCOC2C12CCCC2. The summed E-state index contributed by atoms with van der Waals surface area (Å²) in [5.41, 5.74) is 0.427. The molecule has 16 heavy (non-hydrogen) atoms. The predicted molar refractivity (Wildman–Crippen MR) is 62.2 cm³/mol. The van der Waals surface area contributed by atoms with Crippen molar-refractivity contribution in [2.45, 2.75) is 57.3 Å². The molecule has 0 aromatic rings. The van der Waals surface area contributed by atoms with Crippen molar-refractivity contribution in [1.29, 1.82) is 0 Å². The zero-order valence-electron chi connectivity index (χ0n) is 10.1. The van der Waals surface area contributed by atoms with Crippen LogP contribution in [0.4, 0.5) is 0 Å². The lowest BCUT2D eigenvalue weighted by molar-refractivity contribution is -0.131. The second kappa shape index (κ2) is 3.97. The van der Waals surface area contributed by atoms with E-state index in [4.69, 9.17) is 4.74 Å². The van der Waals surface area contributed by atoms with E-state index in [0.717, 1.165) is 19.1 Å². The van der Waals surface area contributed by atoms with Crippen LogP contribution < -0.4 is 5.32 Å². The van der Waals surface area contributed by atoms with Gasteiger partial charge in [0, 0.05) is 30.5 Å². The predicted octanol–water partition coefficient (Wildman–Crippen LogP) is 1.30. The zero-order valence-corrected chi connectivity index (χ0v) is 10.1. The fraction of sp³-hybridized carbons (Fsp3) is 1.00. The maximum Gasteiger partial charge on any atom is 0.0690 e. The highest BCUT2D eigenvalue weighted by Crippen LogP contribution is 2.60. The normalized spacial score (nSPS) is 42.0. The molecule has 2 saturated carbocycles. The molecule has 3 heteroatoms. The van der Waals surface area contributed by atoms with Crippen molar-refractivity contribution in [1.82, 2.24) is 5.32 Å². The van der Waals surface area contributed by atoms with Crippen LogP contribution in [0.1, 0.15) is 39.0 Å². The first kappa shape index (κ1) is 11.0. The molecule has 0 amide bonds. The molecular formula is C13H23NO2. The number of fused-ring (bicyclic) bond motifs is 2. The monoisotopic (exact) mass is 225 g/mol. The first-order chi connectivity index (χ1) is 7.74. The van der Waals surface area contributed by atoms with Gasteiger partial charge in [0.1, 0.15) is 0 Å². The Morgan fingerprint density at radius 1 is 1.44 bits per heavy atom. The zero-order chi connectivity index (χ0) is 11.2. The Bertz CT molecular complexity index is 261. The number of nitrogens with one attached hydrogen (secondary N) is 1. The summed E-state index contributed by atoms with van der Waals surface area (Å²) >= 11 is 0. The van der Waals surface area contributed by atoms with Crippen molar-refractivity contribution < 1.29 is 9.84 Å². The van der Waals surface area contributed by atoms with E-state index in [1.54, 1.807) is 0 Å². The van der Waals surface area contributed by atoms with Gasteiger partial charge in [-0.25, -0.2) is 0 Å². The van der Waals surface area contributed by atoms with Crippen molar-refractivity contribution in [3.05, 3.63) is 0 Å². The number of rotatable bonds is 3. The van der Waals surface area contributed by atoms with E-state index in [-0.39, 0.29) is 6.10 Å². The maximum absolute atomic E-state index is 9.40. The molecule has 2 aliphatic carbocycles. The molecule has 0 aromatic carbocycles. The summed E-state index contributed by atoms with van der Waals surface area (Å²) in [6.07, 6.45) is 6.88. The van der Waals surface area contributed by atoms with Crippen molar-refractivity contribution in [3.63, 3.8) is 0 Å². The molecule has 3 unspecified atom stereocenters. The fourth-order valence-electron chi connectivity index (χ4n) is 4.31. The standard InChI is InChI=1S/C13H23NO2/c1-9(15)8-14-11-10-4-7-16-12(10)13(11)5-2-3-6-13/h9-12,14-15H,2-8H2,1H3/t9-,10?,11?,12?/m1/s1. The molecule has 3 nitrogen and oxygen atoms in total. The highest BCUT2D eigenvalue weighted by Gasteiger charge is 2.64. The van der Waals surface area contributed by atoms with Crippen LogP contribution in [0.25, 0.3) is 0 Å². The Morgan fingerprint density at radius 3 is 2.88 bits per heavy atom.